The van der Waals surface area contributed by atoms with Crippen LogP contribution in [0.1, 0.15) is 23.2 Å². The van der Waals surface area contributed by atoms with E-state index in [1.807, 2.05) is 0 Å². The molecule has 2 aliphatic rings. The monoisotopic (exact) mass is 410 g/mol. The number of amides is 1. The molecule has 0 atom stereocenters. The number of carbonyl (C=O) groups excluding carboxylic acids is 1. The Labute approximate surface area is 167 Å². The number of carbonyl (C=O) groups is 1. The first-order chi connectivity index (χ1) is 14.0. The van der Waals surface area contributed by atoms with Gasteiger partial charge in [-0.2, -0.15) is 0 Å². The van der Waals surface area contributed by atoms with Crippen LogP contribution in [0.2, 0.25) is 0 Å². The van der Waals surface area contributed by atoms with Gasteiger partial charge in [-0.1, -0.05) is 5.21 Å². The van der Waals surface area contributed by atoms with Gasteiger partial charge in [-0.3, -0.25) is 9.78 Å². The zero-order chi connectivity index (χ0) is 20.0. The van der Waals surface area contributed by atoms with E-state index in [0.29, 0.717) is 31.5 Å². The summed E-state index contributed by atoms with van der Waals surface area (Å²) >= 11 is 0. The van der Waals surface area contributed by atoms with E-state index in [9.17, 15) is 13.2 Å². The Morgan fingerprint density at radius 3 is 2.62 bits per heavy atom. The SMILES string of the molecule is O=C1CCc2cc(S(=O)(=O)NCc3cn(-c4ccncc4)nn3)cc3c2N1CC3. The normalized spacial score (nSPS) is 15.6. The van der Waals surface area contributed by atoms with Gasteiger partial charge in [-0.25, -0.2) is 17.8 Å². The largest absolute Gasteiger partial charge is 0.312 e. The van der Waals surface area contributed by atoms with E-state index < -0.39 is 10.0 Å². The summed E-state index contributed by atoms with van der Waals surface area (Å²) in [5.74, 6) is 0.113. The van der Waals surface area contributed by atoms with Crippen LogP contribution in [0.25, 0.3) is 5.69 Å². The molecule has 0 fully saturated rings. The first kappa shape index (κ1) is 18.0. The molecule has 148 valence electrons. The second kappa shape index (κ2) is 6.75. The van der Waals surface area contributed by atoms with Gasteiger partial charge in [0.2, 0.25) is 15.9 Å². The van der Waals surface area contributed by atoms with Crippen molar-refractivity contribution in [2.75, 3.05) is 11.4 Å². The number of hydrogen-bond acceptors (Lipinski definition) is 6. The third-order valence-corrected chi connectivity index (χ3v) is 6.63. The number of sulfonamides is 1. The standard InChI is InChI=1S/C19H18N6O3S/c26-18-2-1-13-9-17(10-14-5-8-24(18)19(13)14)29(27,28)21-11-15-12-25(23-22-15)16-3-6-20-7-4-16/h3-4,6-7,9-10,12,21H,1-2,5,8,11H2. The first-order valence-corrected chi connectivity index (χ1v) is 10.8. The van der Waals surface area contributed by atoms with Crippen molar-refractivity contribution in [1.82, 2.24) is 24.7 Å². The Bertz CT molecular complexity index is 1210. The van der Waals surface area contributed by atoms with Gasteiger partial charge in [0.05, 0.1) is 34.7 Å². The van der Waals surface area contributed by atoms with Crippen molar-refractivity contribution >= 4 is 21.6 Å². The highest BCUT2D eigenvalue weighted by atomic mass is 32.2. The summed E-state index contributed by atoms with van der Waals surface area (Å²) in [5.41, 5.74) is 4.03. The molecular weight excluding hydrogens is 392 g/mol. The van der Waals surface area contributed by atoms with Gasteiger partial charge in [0, 0.05) is 25.4 Å². The van der Waals surface area contributed by atoms with Crippen molar-refractivity contribution in [3.8, 4) is 5.69 Å². The molecular formula is C19H18N6O3S. The quantitative estimate of drug-likeness (QED) is 0.671. The number of rotatable bonds is 5. The molecule has 0 aliphatic carbocycles. The third kappa shape index (κ3) is 3.19. The van der Waals surface area contributed by atoms with Crippen LogP contribution < -0.4 is 9.62 Å². The van der Waals surface area contributed by atoms with Crippen molar-refractivity contribution in [1.29, 1.82) is 0 Å². The lowest BCUT2D eigenvalue weighted by atomic mass is 10.00. The summed E-state index contributed by atoms with van der Waals surface area (Å²) in [4.78, 5) is 18.0. The van der Waals surface area contributed by atoms with E-state index in [1.54, 1.807) is 52.4 Å². The molecule has 1 N–H and O–H groups in total. The zero-order valence-corrected chi connectivity index (χ0v) is 16.3. The molecule has 0 saturated carbocycles. The second-order valence-electron chi connectivity index (χ2n) is 7.07. The Balaban J connectivity index is 1.36. The van der Waals surface area contributed by atoms with Gasteiger partial charge in [-0.15, -0.1) is 5.10 Å². The number of anilines is 1. The predicted molar refractivity (Wildman–Crippen MR) is 104 cm³/mol. The Morgan fingerprint density at radius 2 is 1.83 bits per heavy atom. The number of aromatic nitrogens is 4. The lowest BCUT2D eigenvalue weighted by Crippen LogP contribution is -2.33. The molecule has 2 aromatic heterocycles. The molecule has 0 unspecified atom stereocenters. The van der Waals surface area contributed by atoms with Gasteiger partial charge in [0.1, 0.15) is 0 Å². The molecule has 1 amide bonds. The Hall–Kier alpha value is -3.11. The smallest absolute Gasteiger partial charge is 0.240 e. The third-order valence-electron chi connectivity index (χ3n) is 5.25. The minimum absolute atomic E-state index is 0.0322. The molecule has 0 bridgehead atoms. The fourth-order valence-electron chi connectivity index (χ4n) is 3.84. The number of benzene rings is 1. The van der Waals surface area contributed by atoms with E-state index in [-0.39, 0.29) is 17.3 Å². The Morgan fingerprint density at radius 1 is 1.07 bits per heavy atom. The molecule has 0 saturated heterocycles. The van der Waals surface area contributed by atoms with Crippen LogP contribution in [0.15, 0.2) is 47.8 Å². The summed E-state index contributed by atoms with van der Waals surface area (Å²) in [7, 11) is -3.72. The molecule has 1 aromatic carbocycles. The summed E-state index contributed by atoms with van der Waals surface area (Å²) < 4.78 is 29.9. The fraction of sp³-hybridized carbons (Fsp3) is 0.263. The highest BCUT2D eigenvalue weighted by Gasteiger charge is 2.32. The molecule has 0 radical (unpaired) electrons. The minimum Gasteiger partial charge on any atom is -0.312 e. The summed E-state index contributed by atoms with van der Waals surface area (Å²) in [6.45, 7) is 0.653. The van der Waals surface area contributed by atoms with Gasteiger partial charge < -0.3 is 4.90 Å². The highest BCUT2D eigenvalue weighted by molar-refractivity contribution is 7.89. The van der Waals surface area contributed by atoms with Gasteiger partial charge >= 0.3 is 0 Å². The maximum atomic E-state index is 12.9. The minimum atomic E-state index is -3.72. The number of aryl methyl sites for hydroxylation is 1. The first-order valence-electron chi connectivity index (χ1n) is 9.29. The van der Waals surface area contributed by atoms with Gasteiger partial charge in [0.15, 0.2) is 0 Å². The molecule has 5 rings (SSSR count). The molecule has 4 heterocycles. The van der Waals surface area contributed by atoms with Crippen LogP contribution in [-0.4, -0.2) is 40.8 Å². The number of hydrogen-bond donors (Lipinski definition) is 1. The van der Waals surface area contributed by atoms with Crippen molar-refractivity contribution in [2.24, 2.45) is 0 Å². The van der Waals surface area contributed by atoms with E-state index in [0.717, 1.165) is 22.5 Å². The van der Waals surface area contributed by atoms with Crippen molar-refractivity contribution in [2.45, 2.75) is 30.7 Å². The number of nitrogens with one attached hydrogen (secondary N) is 1. The van der Waals surface area contributed by atoms with Crippen LogP contribution in [0.3, 0.4) is 0 Å². The maximum Gasteiger partial charge on any atom is 0.240 e. The van der Waals surface area contributed by atoms with E-state index >= 15 is 0 Å². The van der Waals surface area contributed by atoms with E-state index in [2.05, 4.69) is 20.0 Å². The Kier molecular flexibility index (Phi) is 4.18. The molecule has 2 aliphatic heterocycles. The van der Waals surface area contributed by atoms with Crippen LogP contribution >= 0.6 is 0 Å². The zero-order valence-electron chi connectivity index (χ0n) is 15.4. The average molecular weight is 410 g/mol. The van der Waals surface area contributed by atoms with Crippen LogP contribution in [0.5, 0.6) is 0 Å². The van der Waals surface area contributed by atoms with Crippen LogP contribution in [0.4, 0.5) is 5.69 Å². The van der Waals surface area contributed by atoms with Crippen molar-refractivity contribution in [3.63, 3.8) is 0 Å². The number of nitrogens with zero attached hydrogens (tertiary/aromatic N) is 5. The number of pyridine rings is 1. The van der Waals surface area contributed by atoms with Crippen LogP contribution in [0, 0.1) is 0 Å². The second-order valence-corrected chi connectivity index (χ2v) is 8.84. The molecule has 3 aromatic rings. The maximum absolute atomic E-state index is 12.9. The topological polar surface area (TPSA) is 110 Å². The van der Waals surface area contributed by atoms with E-state index in [1.165, 1.54) is 0 Å². The summed E-state index contributed by atoms with van der Waals surface area (Å²) in [6.07, 6.45) is 6.64. The van der Waals surface area contributed by atoms with Crippen LogP contribution in [-0.2, 0) is 34.2 Å². The summed E-state index contributed by atoms with van der Waals surface area (Å²) in [5, 5.41) is 8.05. The molecule has 9 nitrogen and oxygen atoms in total. The van der Waals surface area contributed by atoms with E-state index in [4.69, 9.17) is 0 Å². The molecule has 10 heteroatoms. The van der Waals surface area contributed by atoms with Crippen molar-refractivity contribution < 1.29 is 13.2 Å². The molecule has 0 spiro atoms. The lowest BCUT2D eigenvalue weighted by molar-refractivity contribution is -0.118. The van der Waals surface area contributed by atoms with Crippen molar-refractivity contribution in [3.05, 3.63) is 59.7 Å². The fourth-order valence-corrected chi connectivity index (χ4v) is 4.94. The average Bonchev–Trinajstić information content (AvgIpc) is 3.38. The molecule has 29 heavy (non-hydrogen) atoms. The van der Waals surface area contributed by atoms with Gasteiger partial charge in [-0.05, 0) is 48.2 Å². The highest BCUT2D eigenvalue weighted by Crippen LogP contribution is 2.38. The predicted octanol–water partition coefficient (Wildman–Crippen LogP) is 0.976. The van der Waals surface area contributed by atoms with Gasteiger partial charge in [0.25, 0.3) is 0 Å². The lowest BCUT2D eigenvalue weighted by Gasteiger charge is -2.25. The summed E-state index contributed by atoms with van der Waals surface area (Å²) in [6, 6.07) is 6.92.